The third-order valence-electron chi connectivity index (χ3n) is 2.95. The van der Waals surface area contributed by atoms with Crippen molar-refractivity contribution in [1.82, 2.24) is 4.90 Å². The SMILES string of the molecule is NS(=O)c1ccc2c(c1)CN(C(=O)C(F)(F)F)CC2. The molecule has 1 aliphatic rings. The van der Waals surface area contributed by atoms with Crippen molar-refractivity contribution < 1.29 is 22.2 Å². The van der Waals surface area contributed by atoms with Crippen molar-refractivity contribution in [2.45, 2.75) is 24.0 Å². The number of hydrogen-bond acceptors (Lipinski definition) is 2. The first-order chi connectivity index (χ1) is 8.79. The van der Waals surface area contributed by atoms with Gasteiger partial charge in [0.05, 0.1) is 4.90 Å². The van der Waals surface area contributed by atoms with Gasteiger partial charge in [0.2, 0.25) is 0 Å². The predicted molar refractivity (Wildman–Crippen MR) is 62.2 cm³/mol. The molecule has 0 saturated heterocycles. The number of carbonyl (C=O) groups is 1. The zero-order chi connectivity index (χ0) is 14.2. The summed E-state index contributed by atoms with van der Waals surface area (Å²) < 4.78 is 48.2. The van der Waals surface area contributed by atoms with Crippen LogP contribution in [0.3, 0.4) is 0 Å². The molecule has 1 aromatic carbocycles. The largest absolute Gasteiger partial charge is 0.471 e. The topological polar surface area (TPSA) is 63.4 Å². The molecule has 2 N–H and O–H groups in total. The van der Waals surface area contributed by atoms with Gasteiger partial charge in [0.15, 0.2) is 0 Å². The molecule has 0 saturated carbocycles. The van der Waals surface area contributed by atoms with Crippen LogP contribution in [0.2, 0.25) is 0 Å². The van der Waals surface area contributed by atoms with Crippen LogP contribution in [0.1, 0.15) is 11.1 Å². The summed E-state index contributed by atoms with van der Waals surface area (Å²) in [7, 11) is -1.69. The Morgan fingerprint density at radius 2 is 2.00 bits per heavy atom. The fourth-order valence-electron chi connectivity index (χ4n) is 2.01. The fraction of sp³-hybridized carbons (Fsp3) is 0.364. The summed E-state index contributed by atoms with van der Waals surface area (Å²) in [5.41, 5.74) is 1.40. The van der Waals surface area contributed by atoms with Crippen molar-refractivity contribution in [3.05, 3.63) is 29.3 Å². The molecule has 2 rings (SSSR count). The summed E-state index contributed by atoms with van der Waals surface area (Å²) in [4.78, 5) is 12.2. The molecule has 104 valence electrons. The van der Waals surface area contributed by atoms with E-state index in [0.717, 1.165) is 10.5 Å². The number of hydrogen-bond donors (Lipinski definition) is 1. The molecule has 0 bridgehead atoms. The van der Waals surface area contributed by atoms with Gasteiger partial charge >= 0.3 is 12.1 Å². The number of fused-ring (bicyclic) bond motifs is 1. The van der Waals surface area contributed by atoms with Gasteiger partial charge in [-0.1, -0.05) is 6.07 Å². The average Bonchev–Trinajstić information content (AvgIpc) is 2.35. The van der Waals surface area contributed by atoms with Crippen LogP contribution in [-0.4, -0.2) is 27.7 Å². The van der Waals surface area contributed by atoms with E-state index in [0.29, 0.717) is 16.9 Å². The highest BCUT2D eigenvalue weighted by atomic mass is 32.2. The number of amides is 1. The van der Waals surface area contributed by atoms with Crippen LogP contribution < -0.4 is 5.14 Å². The van der Waals surface area contributed by atoms with E-state index in [2.05, 4.69) is 0 Å². The van der Waals surface area contributed by atoms with Crippen molar-refractivity contribution in [2.75, 3.05) is 6.54 Å². The summed E-state index contributed by atoms with van der Waals surface area (Å²) in [6, 6.07) is 4.75. The number of benzene rings is 1. The minimum Gasteiger partial charge on any atom is -0.330 e. The number of nitrogens with two attached hydrogens (primary N) is 1. The predicted octanol–water partition coefficient (Wildman–Crippen LogP) is 1.11. The summed E-state index contributed by atoms with van der Waals surface area (Å²) >= 11 is 0. The molecule has 0 radical (unpaired) electrons. The Morgan fingerprint density at radius 3 is 2.58 bits per heavy atom. The van der Waals surface area contributed by atoms with E-state index in [1.165, 1.54) is 6.07 Å². The molecule has 8 heteroatoms. The Kier molecular flexibility index (Phi) is 3.64. The van der Waals surface area contributed by atoms with Gasteiger partial charge in [-0.25, -0.2) is 9.35 Å². The van der Waals surface area contributed by atoms with E-state index in [1.807, 2.05) is 0 Å². The van der Waals surface area contributed by atoms with E-state index in [1.54, 1.807) is 12.1 Å². The molecule has 0 fully saturated rings. The molecule has 4 nitrogen and oxygen atoms in total. The third-order valence-corrected chi connectivity index (χ3v) is 3.67. The lowest BCUT2D eigenvalue weighted by Gasteiger charge is -2.29. The lowest BCUT2D eigenvalue weighted by Crippen LogP contribution is -2.43. The van der Waals surface area contributed by atoms with Crippen LogP contribution in [0.25, 0.3) is 0 Å². The third kappa shape index (κ3) is 2.95. The molecule has 0 aliphatic carbocycles. The van der Waals surface area contributed by atoms with E-state index in [-0.39, 0.29) is 13.1 Å². The molecular weight excluding hydrogens is 281 g/mol. The maximum Gasteiger partial charge on any atom is 0.471 e. The normalized spacial score (nSPS) is 16.9. The van der Waals surface area contributed by atoms with Gasteiger partial charge < -0.3 is 4.90 Å². The lowest BCUT2D eigenvalue weighted by atomic mass is 10.00. The van der Waals surface area contributed by atoms with Gasteiger partial charge in [-0.05, 0) is 29.7 Å². The van der Waals surface area contributed by atoms with Gasteiger partial charge in [0, 0.05) is 13.1 Å². The molecule has 0 aromatic heterocycles. The minimum atomic E-state index is -4.87. The second kappa shape index (κ2) is 4.93. The maximum atomic E-state index is 12.4. The van der Waals surface area contributed by atoms with E-state index < -0.39 is 23.1 Å². The highest BCUT2D eigenvalue weighted by Gasteiger charge is 2.43. The first-order valence-electron chi connectivity index (χ1n) is 5.43. The molecule has 0 spiro atoms. The number of carbonyl (C=O) groups excluding carboxylic acids is 1. The highest BCUT2D eigenvalue weighted by molar-refractivity contribution is 7.82. The minimum absolute atomic E-state index is 0.0242. The maximum absolute atomic E-state index is 12.4. The first kappa shape index (κ1) is 14.0. The van der Waals surface area contributed by atoms with Gasteiger partial charge in [-0.15, -0.1) is 0 Å². The van der Waals surface area contributed by atoms with E-state index in [4.69, 9.17) is 5.14 Å². The second-order valence-electron chi connectivity index (χ2n) is 4.20. The summed E-state index contributed by atoms with van der Waals surface area (Å²) in [6.45, 7) is -0.116. The zero-order valence-corrected chi connectivity index (χ0v) is 10.6. The second-order valence-corrected chi connectivity index (χ2v) is 5.27. The van der Waals surface area contributed by atoms with Crippen molar-refractivity contribution in [1.29, 1.82) is 0 Å². The monoisotopic (exact) mass is 292 g/mol. The standard InChI is InChI=1S/C11H11F3N2O2S/c12-11(13,14)10(17)16-4-3-7-1-2-9(19(15)18)5-8(7)6-16/h1-2,5H,3-4,6,15H2. The Labute approximate surface area is 110 Å². The fourth-order valence-corrected chi connectivity index (χ4v) is 2.47. The van der Waals surface area contributed by atoms with Gasteiger partial charge in [0.25, 0.3) is 0 Å². The van der Waals surface area contributed by atoms with Crippen molar-refractivity contribution in [3.63, 3.8) is 0 Å². The quantitative estimate of drug-likeness (QED) is 0.843. The summed E-state index contributed by atoms with van der Waals surface area (Å²) in [5.74, 6) is -1.85. The summed E-state index contributed by atoms with van der Waals surface area (Å²) in [6.07, 6.45) is -4.53. The van der Waals surface area contributed by atoms with E-state index in [9.17, 15) is 22.2 Å². The van der Waals surface area contributed by atoms with Crippen LogP contribution >= 0.6 is 0 Å². The zero-order valence-electron chi connectivity index (χ0n) is 9.74. The van der Waals surface area contributed by atoms with Crippen molar-refractivity contribution in [3.8, 4) is 0 Å². The smallest absolute Gasteiger partial charge is 0.330 e. The molecule has 1 amide bonds. The summed E-state index contributed by atoms with van der Waals surface area (Å²) in [5, 5.41) is 5.22. The number of halogens is 3. The Morgan fingerprint density at radius 1 is 1.32 bits per heavy atom. The average molecular weight is 292 g/mol. The number of alkyl halides is 3. The number of rotatable bonds is 1. The Hall–Kier alpha value is -1.41. The van der Waals surface area contributed by atoms with Crippen molar-refractivity contribution >= 4 is 16.9 Å². The highest BCUT2D eigenvalue weighted by Crippen LogP contribution is 2.25. The van der Waals surface area contributed by atoms with Gasteiger partial charge in [-0.3, -0.25) is 4.79 Å². The molecule has 19 heavy (non-hydrogen) atoms. The van der Waals surface area contributed by atoms with E-state index >= 15 is 0 Å². The Bertz CT molecular complexity index is 545. The first-order valence-corrected chi connectivity index (χ1v) is 6.64. The molecule has 1 unspecified atom stereocenters. The van der Waals surface area contributed by atoms with Crippen LogP contribution in [-0.2, 0) is 28.7 Å². The van der Waals surface area contributed by atoms with Gasteiger partial charge in [-0.2, -0.15) is 13.2 Å². The lowest BCUT2D eigenvalue weighted by molar-refractivity contribution is -0.186. The molecule has 1 atom stereocenters. The molecular formula is C11H11F3N2O2S. The van der Waals surface area contributed by atoms with Crippen LogP contribution in [0.5, 0.6) is 0 Å². The molecule has 1 heterocycles. The van der Waals surface area contributed by atoms with Crippen LogP contribution in [0, 0.1) is 0 Å². The molecule has 1 aromatic rings. The molecule has 1 aliphatic heterocycles. The van der Waals surface area contributed by atoms with Gasteiger partial charge in [0.1, 0.15) is 11.0 Å². The Balaban J connectivity index is 2.25. The van der Waals surface area contributed by atoms with Crippen LogP contribution in [0.4, 0.5) is 13.2 Å². The number of nitrogens with zero attached hydrogens (tertiary/aromatic N) is 1. The van der Waals surface area contributed by atoms with Crippen molar-refractivity contribution in [2.24, 2.45) is 5.14 Å². The van der Waals surface area contributed by atoms with Crippen LogP contribution in [0.15, 0.2) is 23.1 Å².